The van der Waals surface area contributed by atoms with Crippen LogP contribution in [0.2, 0.25) is 0 Å². The first kappa shape index (κ1) is 26.2. The van der Waals surface area contributed by atoms with Gasteiger partial charge in [-0.05, 0) is 79.2 Å². The predicted octanol–water partition coefficient (Wildman–Crippen LogP) is 5.29. The van der Waals surface area contributed by atoms with Crippen molar-refractivity contribution in [2.45, 2.75) is 25.7 Å². The Balaban J connectivity index is 1.26. The maximum absolute atomic E-state index is 13.7. The second-order valence-corrected chi connectivity index (χ2v) is 10.5. The summed E-state index contributed by atoms with van der Waals surface area (Å²) in [4.78, 5) is 30.1. The van der Waals surface area contributed by atoms with E-state index < -0.39 is 6.09 Å². The van der Waals surface area contributed by atoms with Crippen LogP contribution in [0.5, 0.6) is 0 Å². The van der Waals surface area contributed by atoms with Crippen molar-refractivity contribution in [2.75, 3.05) is 45.9 Å². The van der Waals surface area contributed by atoms with E-state index in [0.717, 1.165) is 43.2 Å². The molecule has 0 radical (unpaired) electrons. The number of rotatable bonds is 7. The maximum Gasteiger partial charge on any atom is 0.407 e. The van der Waals surface area contributed by atoms with Gasteiger partial charge in [-0.2, -0.15) is 0 Å². The number of carbonyl (C=O) groups is 2. The van der Waals surface area contributed by atoms with Crippen molar-refractivity contribution in [1.29, 1.82) is 0 Å². The van der Waals surface area contributed by atoms with Crippen molar-refractivity contribution >= 4 is 22.8 Å². The lowest BCUT2D eigenvalue weighted by molar-refractivity contribution is 0.0778. The molecule has 200 valence electrons. The maximum atomic E-state index is 13.7. The number of nitrogens with one attached hydrogen (secondary N) is 1. The molecule has 6 nitrogen and oxygen atoms in total. The van der Waals surface area contributed by atoms with Crippen LogP contribution in [0.25, 0.3) is 10.8 Å². The van der Waals surface area contributed by atoms with Crippen LogP contribution < -0.4 is 5.32 Å². The lowest BCUT2D eigenvalue weighted by Crippen LogP contribution is -2.39. The zero-order valence-corrected chi connectivity index (χ0v) is 21.9. The summed E-state index contributed by atoms with van der Waals surface area (Å²) in [6, 6.07) is 20.7. The van der Waals surface area contributed by atoms with Crippen LogP contribution in [0.4, 0.5) is 9.18 Å². The Kier molecular flexibility index (Phi) is 8.23. The standard InChI is InChI=1S/C31H36FN3O3/c1-2-33-31(37)38-21-26-20-35(30(36)29-9-5-7-24-6-3-4-8-28(24)29)19-25(26)18-34-16-14-23(15-17-34)22-10-12-27(32)13-11-22/h3-13,23,25-26H,2,14-21H2,1H3,(H,33,37)/t25-,26+/m1/s1. The first-order valence-corrected chi connectivity index (χ1v) is 13.7. The number of amides is 2. The molecule has 38 heavy (non-hydrogen) atoms. The lowest BCUT2D eigenvalue weighted by atomic mass is 9.88. The van der Waals surface area contributed by atoms with Gasteiger partial charge in [0.05, 0.1) is 6.61 Å². The van der Waals surface area contributed by atoms with Crippen molar-refractivity contribution in [3.8, 4) is 0 Å². The van der Waals surface area contributed by atoms with Gasteiger partial charge in [0.25, 0.3) is 5.91 Å². The van der Waals surface area contributed by atoms with Crippen molar-refractivity contribution in [3.63, 3.8) is 0 Å². The molecule has 0 spiro atoms. The number of halogens is 1. The molecule has 2 aliphatic rings. The van der Waals surface area contributed by atoms with Gasteiger partial charge in [0.15, 0.2) is 0 Å². The van der Waals surface area contributed by atoms with Gasteiger partial charge >= 0.3 is 6.09 Å². The highest BCUT2D eigenvalue weighted by Crippen LogP contribution is 2.32. The summed E-state index contributed by atoms with van der Waals surface area (Å²) in [7, 11) is 0. The second kappa shape index (κ2) is 11.9. The first-order chi connectivity index (χ1) is 18.5. The first-order valence-electron chi connectivity index (χ1n) is 13.7. The largest absolute Gasteiger partial charge is 0.449 e. The smallest absolute Gasteiger partial charge is 0.407 e. The van der Waals surface area contributed by atoms with E-state index in [1.54, 1.807) is 12.1 Å². The minimum atomic E-state index is -0.412. The van der Waals surface area contributed by atoms with Crippen LogP contribution >= 0.6 is 0 Å². The molecule has 7 heteroatoms. The zero-order valence-electron chi connectivity index (χ0n) is 21.9. The van der Waals surface area contributed by atoms with E-state index in [1.807, 2.05) is 66.4 Å². The Hall–Kier alpha value is -3.45. The summed E-state index contributed by atoms with van der Waals surface area (Å²) in [6.07, 6.45) is 1.64. The minimum absolute atomic E-state index is 0.0299. The highest BCUT2D eigenvalue weighted by molar-refractivity contribution is 6.07. The number of likely N-dealkylation sites (tertiary alicyclic amines) is 2. The summed E-state index contributed by atoms with van der Waals surface area (Å²) in [5.74, 6) is 0.562. The molecule has 0 bridgehead atoms. The third-order valence-corrected chi connectivity index (χ3v) is 8.06. The molecule has 2 fully saturated rings. The van der Waals surface area contributed by atoms with E-state index in [0.29, 0.717) is 37.7 Å². The third-order valence-electron chi connectivity index (χ3n) is 8.06. The van der Waals surface area contributed by atoms with Crippen molar-refractivity contribution in [1.82, 2.24) is 15.1 Å². The molecule has 2 amide bonds. The Morgan fingerprint density at radius 3 is 2.42 bits per heavy atom. The molecule has 2 saturated heterocycles. The van der Waals surface area contributed by atoms with Crippen LogP contribution in [0.1, 0.15) is 41.6 Å². The lowest BCUT2D eigenvalue weighted by Gasteiger charge is -2.34. The molecule has 2 atom stereocenters. The second-order valence-electron chi connectivity index (χ2n) is 10.5. The van der Waals surface area contributed by atoms with Crippen LogP contribution in [0, 0.1) is 17.7 Å². The number of nitrogens with zero attached hydrogens (tertiary/aromatic N) is 2. The third kappa shape index (κ3) is 5.99. The quantitative estimate of drug-likeness (QED) is 0.463. The molecule has 5 rings (SSSR count). The van der Waals surface area contributed by atoms with Crippen LogP contribution in [-0.2, 0) is 4.74 Å². The van der Waals surface area contributed by atoms with Crippen molar-refractivity contribution in [2.24, 2.45) is 11.8 Å². The Bertz CT molecular complexity index is 1250. The van der Waals surface area contributed by atoms with E-state index in [2.05, 4.69) is 10.2 Å². The van der Waals surface area contributed by atoms with Gasteiger partial charge < -0.3 is 19.9 Å². The molecule has 2 aliphatic heterocycles. The van der Waals surface area contributed by atoms with E-state index in [-0.39, 0.29) is 23.6 Å². The molecule has 3 aromatic carbocycles. The SMILES string of the molecule is CCNC(=O)OC[C@@H]1CN(C(=O)c2cccc3ccccc23)C[C@H]1CN1CCC(c2ccc(F)cc2)CC1. The molecule has 0 unspecified atom stereocenters. The molecule has 0 aliphatic carbocycles. The minimum Gasteiger partial charge on any atom is -0.449 e. The summed E-state index contributed by atoms with van der Waals surface area (Å²) >= 11 is 0. The number of benzene rings is 3. The monoisotopic (exact) mass is 517 g/mol. The van der Waals surface area contributed by atoms with Gasteiger partial charge in [-0.25, -0.2) is 9.18 Å². The molecule has 0 saturated carbocycles. The summed E-state index contributed by atoms with van der Waals surface area (Å²) in [5, 5.41) is 4.70. The molecule has 0 aromatic heterocycles. The molecule has 1 N–H and O–H groups in total. The van der Waals surface area contributed by atoms with Gasteiger partial charge in [0.1, 0.15) is 5.82 Å². The van der Waals surface area contributed by atoms with Crippen molar-refractivity contribution < 1.29 is 18.7 Å². The number of fused-ring (bicyclic) bond motifs is 1. The number of ether oxygens (including phenoxy) is 1. The normalized spacial score (nSPS) is 20.5. The summed E-state index contributed by atoms with van der Waals surface area (Å²) in [5.41, 5.74) is 1.92. The Labute approximate surface area is 223 Å². The van der Waals surface area contributed by atoms with E-state index in [1.165, 1.54) is 5.56 Å². The number of hydrogen-bond donors (Lipinski definition) is 1. The fraction of sp³-hybridized carbons (Fsp3) is 0.419. The molecule has 2 heterocycles. The highest BCUT2D eigenvalue weighted by atomic mass is 19.1. The number of hydrogen-bond acceptors (Lipinski definition) is 4. The average Bonchev–Trinajstić information content (AvgIpc) is 3.34. The molecular weight excluding hydrogens is 481 g/mol. The van der Waals surface area contributed by atoms with E-state index >= 15 is 0 Å². The summed E-state index contributed by atoms with van der Waals surface area (Å²) < 4.78 is 18.9. The molecule has 3 aromatic rings. The van der Waals surface area contributed by atoms with E-state index in [4.69, 9.17) is 4.74 Å². The average molecular weight is 518 g/mol. The van der Waals surface area contributed by atoms with Gasteiger partial charge in [0.2, 0.25) is 0 Å². The fourth-order valence-electron chi connectivity index (χ4n) is 5.98. The zero-order chi connectivity index (χ0) is 26.5. The van der Waals surface area contributed by atoms with Crippen LogP contribution in [-0.4, -0.2) is 67.7 Å². The topological polar surface area (TPSA) is 61.9 Å². The van der Waals surface area contributed by atoms with E-state index in [9.17, 15) is 14.0 Å². The van der Waals surface area contributed by atoms with Gasteiger partial charge in [-0.1, -0.05) is 48.5 Å². The number of alkyl carbamates (subject to hydrolysis) is 1. The van der Waals surface area contributed by atoms with Gasteiger partial charge in [0, 0.05) is 37.7 Å². The number of piperidine rings is 1. The summed E-state index contributed by atoms with van der Waals surface area (Å²) in [6.45, 7) is 6.66. The van der Waals surface area contributed by atoms with Crippen LogP contribution in [0.15, 0.2) is 66.7 Å². The predicted molar refractivity (Wildman–Crippen MR) is 147 cm³/mol. The Morgan fingerprint density at radius 1 is 0.947 bits per heavy atom. The highest BCUT2D eigenvalue weighted by Gasteiger charge is 2.38. The van der Waals surface area contributed by atoms with Crippen LogP contribution in [0.3, 0.4) is 0 Å². The Morgan fingerprint density at radius 2 is 1.66 bits per heavy atom. The fourth-order valence-corrected chi connectivity index (χ4v) is 5.98. The molecular formula is C31H36FN3O3. The van der Waals surface area contributed by atoms with Crippen molar-refractivity contribution in [3.05, 3.63) is 83.7 Å². The number of carbonyl (C=O) groups excluding carboxylic acids is 2. The van der Waals surface area contributed by atoms with Gasteiger partial charge in [-0.3, -0.25) is 4.79 Å². The van der Waals surface area contributed by atoms with Gasteiger partial charge in [-0.15, -0.1) is 0 Å².